The number of amidine groups is 1. The number of nitrogens with two attached hydrogens (primary N) is 1. The minimum atomic E-state index is -1.46. The number of rotatable bonds is 12. The van der Waals surface area contributed by atoms with E-state index >= 15 is 0 Å². The molecule has 0 aliphatic rings. The zero-order valence-corrected chi connectivity index (χ0v) is 62.1. The summed E-state index contributed by atoms with van der Waals surface area (Å²) in [5, 5.41) is 23.0. The molecule has 0 saturated carbocycles. The highest BCUT2D eigenvalue weighted by molar-refractivity contribution is 9.10. The summed E-state index contributed by atoms with van der Waals surface area (Å²) in [7, 11) is -1.46. The van der Waals surface area contributed by atoms with E-state index in [1.807, 2.05) is 249 Å². The molecule has 0 amide bonds. The molecule has 18 rings (SSSR count). The first-order valence-electron chi connectivity index (χ1n) is 34.7. The van der Waals surface area contributed by atoms with Crippen LogP contribution in [0.4, 0.5) is 0 Å². The SMILES string of the molecule is Brc1ccc(-c2nc(-c3ccccc3)nc(-c3ccccc3)n2)cc1.NC(=NCl)c1ccccc1.O=Cc1ccc(Br)cc1.OB(O)c1cccc(-c2ccc3oc4ccccc4c3c2)c1.c1ccc(-c2nc(-c3ccccc3)nc(-c3ccc(-c4cccc(-c5ccc6oc7ccccc7c6c5)c4)cc3)n2)cc1. The van der Waals surface area contributed by atoms with Crippen molar-refractivity contribution in [2.24, 2.45) is 10.2 Å². The Kier molecular flexibility index (Phi) is 23.4. The molecular formula is C92H64BBr2ClN8O5. The van der Waals surface area contributed by atoms with Crippen LogP contribution in [-0.2, 0) is 0 Å². The maximum absolute atomic E-state index is 10.1. The molecule has 4 heterocycles. The van der Waals surface area contributed by atoms with E-state index in [1.165, 1.54) is 0 Å². The van der Waals surface area contributed by atoms with Crippen LogP contribution in [0.2, 0.25) is 0 Å². The lowest BCUT2D eigenvalue weighted by molar-refractivity contribution is 0.112. The van der Waals surface area contributed by atoms with E-state index in [1.54, 1.807) is 24.3 Å². The van der Waals surface area contributed by atoms with E-state index in [-0.39, 0.29) is 0 Å². The first-order chi connectivity index (χ1) is 53.5. The molecule has 0 bridgehead atoms. The highest BCUT2D eigenvalue weighted by Crippen LogP contribution is 2.36. The van der Waals surface area contributed by atoms with Gasteiger partial charge in [0.25, 0.3) is 0 Å². The smallest absolute Gasteiger partial charge is 0.456 e. The number of aromatic nitrogens is 6. The number of furan rings is 2. The lowest BCUT2D eigenvalue weighted by Crippen LogP contribution is -2.29. The molecule has 0 atom stereocenters. The number of hydrogen-bond donors (Lipinski definition) is 3. The Balaban J connectivity index is 0.000000128. The number of carbonyl (C=O) groups is 1. The van der Waals surface area contributed by atoms with Crippen molar-refractivity contribution in [3.8, 4) is 102 Å². The zero-order chi connectivity index (χ0) is 74.8. The van der Waals surface area contributed by atoms with Crippen LogP contribution in [0.15, 0.2) is 380 Å². The minimum Gasteiger partial charge on any atom is -0.456 e. The van der Waals surface area contributed by atoms with Crippen molar-refractivity contribution >= 4 is 112 Å². The molecular weight excluding hydrogens is 1500 g/mol. The molecule has 0 saturated heterocycles. The van der Waals surface area contributed by atoms with Crippen molar-refractivity contribution in [1.29, 1.82) is 0 Å². The van der Waals surface area contributed by atoms with Crippen molar-refractivity contribution in [2.45, 2.75) is 0 Å². The standard InChI is InChI=1S/C39H25N3O.C21H14BrN3.C18H13BO3.C7H5BrO.C7H7ClN2/c1-3-10-27(11-4-1)37-40-38(28-12-5-2-6-13-28)42-39(41-37)29-20-18-26(19-21-29)30-14-9-15-31(24-30)32-22-23-36-34(25-32)33-16-7-8-17-35(33)43-36;22-18-13-11-17(12-14-18)21-24-19(15-7-3-1-4-8-15)23-20(25-21)16-9-5-2-6-10-16;20-19(21)14-5-3-4-12(10-14)13-8-9-18-16(11-13)15-6-1-2-7-17(15)22-18;8-7-3-1-6(5-9)2-4-7;8-10-7(9)6-4-2-1-3-5-6/h1-25H;1-14H;1-11,20-21H;1-5H;1-5H,(H2,9,10). The second-order valence-electron chi connectivity index (χ2n) is 24.9. The Morgan fingerprint density at radius 3 is 1.01 bits per heavy atom. The van der Waals surface area contributed by atoms with Crippen LogP contribution in [0.25, 0.3) is 146 Å². The van der Waals surface area contributed by atoms with Gasteiger partial charge in [-0.25, -0.2) is 29.9 Å². The fourth-order valence-electron chi connectivity index (χ4n) is 12.1. The second kappa shape index (κ2) is 35.0. The van der Waals surface area contributed by atoms with E-state index < -0.39 is 7.12 Å². The highest BCUT2D eigenvalue weighted by Gasteiger charge is 2.17. The predicted molar refractivity (Wildman–Crippen MR) is 450 cm³/mol. The summed E-state index contributed by atoms with van der Waals surface area (Å²) in [5.41, 5.74) is 23.3. The normalized spacial score (nSPS) is 10.9. The van der Waals surface area contributed by atoms with Gasteiger partial charge in [-0.1, -0.05) is 323 Å². The molecule has 14 aromatic carbocycles. The number of aldehydes is 1. The zero-order valence-electron chi connectivity index (χ0n) is 58.2. The summed E-state index contributed by atoms with van der Waals surface area (Å²) in [4.78, 5) is 38.7. The molecule has 0 radical (unpaired) electrons. The molecule has 18 aromatic rings. The number of carbonyl (C=O) groups excluding carboxylic acids is 1. The minimum absolute atomic E-state index is 0.349. The van der Waals surface area contributed by atoms with Gasteiger partial charge in [-0.3, -0.25) is 4.79 Å². The Bertz CT molecular complexity index is 6030. The molecule has 526 valence electrons. The van der Waals surface area contributed by atoms with Gasteiger partial charge in [0.05, 0.1) is 0 Å². The lowest BCUT2D eigenvalue weighted by Gasteiger charge is -2.10. The fraction of sp³-hybridized carbons (Fsp3) is 0. The van der Waals surface area contributed by atoms with Gasteiger partial charge in [0, 0.05) is 86.8 Å². The number of hydrogen-bond acceptors (Lipinski definition) is 12. The molecule has 0 unspecified atom stereocenters. The maximum atomic E-state index is 10.1. The molecule has 13 nitrogen and oxygen atoms in total. The molecule has 109 heavy (non-hydrogen) atoms. The molecule has 0 aliphatic heterocycles. The molecule has 0 fully saturated rings. The highest BCUT2D eigenvalue weighted by atomic mass is 79.9. The molecule has 0 spiro atoms. The molecule has 17 heteroatoms. The third-order valence-corrected chi connectivity index (χ3v) is 18.9. The van der Waals surface area contributed by atoms with Crippen LogP contribution in [0, 0.1) is 0 Å². The lowest BCUT2D eigenvalue weighted by atomic mass is 9.79. The van der Waals surface area contributed by atoms with E-state index in [4.69, 9.17) is 51.3 Å². The quantitative estimate of drug-likeness (QED) is 0.0453. The number of fused-ring (bicyclic) bond motifs is 6. The van der Waals surface area contributed by atoms with Gasteiger partial charge in [0.1, 0.15) is 34.5 Å². The van der Waals surface area contributed by atoms with Crippen LogP contribution in [-0.4, -0.2) is 59.2 Å². The van der Waals surface area contributed by atoms with Crippen LogP contribution >= 0.6 is 43.6 Å². The Labute approximate surface area is 651 Å². The van der Waals surface area contributed by atoms with Crippen molar-refractivity contribution in [1.82, 2.24) is 29.9 Å². The van der Waals surface area contributed by atoms with Crippen molar-refractivity contribution in [2.75, 3.05) is 0 Å². The number of nitrogens with zero attached hydrogens (tertiary/aromatic N) is 7. The Morgan fingerprint density at radius 1 is 0.321 bits per heavy atom. The summed E-state index contributed by atoms with van der Waals surface area (Å²) < 4.78 is 17.2. The van der Waals surface area contributed by atoms with Gasteiger partial charge in [-0.05, 0) is 106 Å². The topological polar surface area (TPSA) is 200 Å². The summed E-state index contributed by atoms with van der Waals surface area (Å²) in [5.74, 6) is 4.32. The van der Waals surface area contributed by atoms with Crippen molar-refractivity contribution in [3.05, 3.63) is 378 Å². The molecule has 0 aliphatic carbocycles. The van der Waals surface area contributed by atoms with Crippen LogP contribution < -0.4 is 11.2 Å². The summed E-state index contributed by atoms with van der Waals surface area (Å²) in [6.45, 7) is 0. The molecule has 4 aromatic heterocycles. The second-order valence-corrected chi connectivity index (χ2v) is 26.9. The first-order valence-corrected chi connectivity index (χ1v) is 36.6. The third-order valence-electron chi connectivity index (χ3n) is 17.6. The Hall–Kier alpha value is -12.9. The van der Waals surface area contributed by atoms with Gasteiger partial charge in [0.15, 0.2) is 34.9 Å². The van der Waals surface area contributed by atoms with Crippen molar-refractivity contribution in [3.63, 3.8) is 0 Å². The average Bonchev–Trinajstić information content (AvgIpc) is 1.70. The van der Waals surface area contributed by atoms with Gasteiger partial charge in [-0.2, -0.15) is 4.51 Å². The Morgan fingerprint density at radius 2 is 0.615 bits per heavy atom. The van der Waals surface area contributed by atoms with Gasteiger partial charge < -0.3 is 24.6 Å². The van der Waals surface area contributed by atoms with E-state index in [0.29, 0.717) is 51.8 Å². The van der Waals surface area contributed by atoms with Crippen LogP contribution in [0.5, 0.6) is 0 Å². The summed E-state index contributed by atoms with van der Waals surface area (Å²) in [6.07, 6.45) is 0.826. The largest absolute Gasteiger partial charge is 0.488 e. The van der Waals surface area contributed by atoms with Crippen LogP contribution in [0.1, 0.15) is 15.9 Å². The predicted octanol–water partition coefficient (Wildman–Crippen LogP) is 22.5. The maximum Gasteiger partial charge on any atom is 0.488 e. The van der Waals surface area contributed by atoms with Gasteiger partial charge in [0.2, 0.25) is 0 Å². The number of benzene rings is 14. The van der Waals surface area contributed by atoms with E-state index in [9.17, 15) is 14.8 Å². The van der Waals surface area contributed by atoms with E-state index in [2.05, 4.69) is 126 Å². The monoisotopic (exact) mass is 1560 g/mol. The fourth-order valence-corrected chi connectivity index (χ4v) is 12.7. The van der Waals surface area contributed by atoms with Gasteiger partial charge in [-0.15, -0.1) is 0 Å². The summed E-state index contributed by atoms with van der Waals surface area (Å²) >= 11 is 11.9. The van der Waals surface area contributed by atoms with Gasteiger partial charge >= 0.3 is 7.12 Å². The first kappa shape index (κ1) is 73.0. The van der Waals surface area contributed by atoms with Crippen LogP contribution in [0.3, 0.4) is 0 Å². The summed E-state index contributed by atoms with van der Waals surface area (Å²) in [6, 6.07) is 117. The number of para-hydroxylation sites is 2. The third kappa shape index (κ3) is 18.1. The van der Waals surface area contributed by atoms with Crippen molar-refractivity contribution < 1.29 is 23.7 Å². The number of halogens is 3. The van der Waals surface area contributed by atoms with E-state index in [0.717, 1.165) is 131 Å². The molecule has 4 N–H and O–H groups in total. The average molecular weight is 1570 g/mol.